The number of carbonyl (C=O) groups excluding carboxylic acids is 2. The number of nitrogens with zero attached hydrogens (tertiary/aromatic N) is 2. The third-order valence-electron chi connectivity index (χ3n) is 7.01. The van der Waals surface area contributed by atoms with E-state index in [-0.39, 0.29) is 23.8 Å². The summed E-state index contributed by atoms with van der Waals surface area (Å²) < 4.78 is 35.4. The van der Waals surface area contributed by atoms with Gasteiger partial charge in [-0.3, -0.25) is 13.9 Å². The molecule has 0 aliphatic rings. The van der Waals surface area contributed by atoms with Crippen molar-refractivity contribution >= 4 is 43.5 Å². The van der Waals surface area contributed by atoms with Crippen molar-refractivity contribution in [3.63, 3.8) is 0 Å². The van der Waals surface area contributed by atoms with Crippen LogP contribution in [0.5, 0.6) is 5.75 Å². The third kappa shape index (κ3) is 9.18. The van der Waals surface area contributed by atoms with Crippen LogP contribution in [0.15, 0.2) is 119 Å². The number of para-hydroxylation sites is 1. The molecule has 0 spiro atoms. The van der Waals surface area contributed by atoms with Crippen molar-refractivity contribution in [2.24, 2.45) is 0 Å². The van der Waals surface area contributed by atoms with E-state index in [0.29, 0.717) is 11.4 Å². The molecule has 0 fully saturated rings. The van der Waals surface area contributed by atoms with Crippen LogP contribution in [-0.4, -0.2) is 50.4 Å². The Labute approximate surface area is 274 Å². The third-order valence-corrected chi connectivity index (χ3v) is 9.32. The first kappa shape index (κ1) is 33.7. The maximum absolute atomic E-state index is 14.5. The Morgan fingerprint density at radius 3 is 1.96 bits per heavy atom. The second-order valence-electron chi connectivity index (χ2n) is 11.6. The second-order valence-corrected chi connectivity index (χ2v) is 14.4. The Morgan fingerprint density at radius 2 is 1.40 bits per heavy atom. The maximum Gasteiger partial charge on any atom is 0.264 e. The number of nitrogens with one attached hydrogen (secondary N) is 1. The molecule has 10 heteroatoms. The van der Waals surface area contributed by atoms with Gasteiger partial charge in [0.1, 0.15) is 18.3 Å². The lowest BCUT2D eigenvalue weighted by Gasteiger charge is -2.35. The number of halogens is 1. The van der Waals surface area contributed by atoms with Crippen LogP contribution in [0.1, 0.15) is 31.9 Å². The van der Waals surface area contributed by atoms with Gasteiger partial charge in [-0.05, 0) is 80.4 Å². The molecule has 0 aliphatic carbocycles. The van der Waals surface area contributed by atoms with E-state index in [4.69, 9.17) is 4.74 Å². The molecule has 4 rings (SSSR count). The van der Waals surface area contributed by atoms with Crippen molar-refractivity contribution in [1.82, 2.24) is 10.2 Å². The van der Waals surface area contributed by atoms with Gasteiger partial charge in [-0.15, -0.1) is 0 Å². The topological polar surface area (TPSA) is 96.0 Å². The van der Waals surface area contributed by atoms with Crippen LogP contribution in [0.2, 0.25) is 0 Å². The van der Waals surface area contributed by atoms with E-state index in [9.17, 15) is 18.0 Å². The van der Waals surface area contributed by atoms with E-state index in [1.165, 1.54) is 24.1 Å². The molecule has 0 bridgehead atoms. The van der Waals surface area contributed by atoms with Crippen LogP contribution >= 0.6 is 15.9 Å². The highest BCUT2D eigenvalue weighted by atomic mass is 79.9. The molecule has 4 aromatic carbocycles. The maximum atomic E-state index is 14.5. The molecule has 45 heavy (non-hydrogen) atoms. The minimum absolute atomic E-state index is 0.00530. The zero-order valence-corrected chi connectivity index (χ0v) is 28.2. The largest absolute Gasteiger partial charge is 0.497 e. The average molecular weight is 693 g/mol. The summed E-state index contributed by atoms with van der Waals surface area (Å²) in [6.45, 7) is 5.20. The normalized spacial score (nSPS) is 12.2. The molecule has 4 aromatic rings. The molecule has 0 heterocycles. The highest BCUT2D eigenvalue weighted by molar-refractivity contribution is 9.10. The summed E-state index contributed by atoms with van der Waals surface area (Å²) in [6, 6.07) is 30.5. The quantitative estimate of drug-likeness (QED) is 0.191. The summed E-state index contributed by atoms with van der Waals surface area (Å²) in [7, 11) is -2.70. The minimum atomic E-state index is -4.20. The predicted octanol–water partition coefficient (Wildman–Crippen LogP) is 6.21. The molecule has 0 aliphatic heterocycles. The smallest absolute Gasteiger partial charge is 0.264 e. The molecule has 0 saturated carbocycles. The standard InChI is InChI=1S/C35H38BrN3O5S/c1-35(2,3)37-34(41)32(23-26-11-7-5-8-12-26)38(24-27-15-17-28(36)18-16-27)33(40)25-39(29-13-9-6-10-14-29)45(42,43)31-21-19-30(44-4)20-22-31/h5-22,32H,23-25H2,1-4H3,(H,37,41)/t32-/m0/s1. The molecule has 8 nitrogen and oxygen atoms in total. The van der Waals surface area contributed by atoms with Crippen molar-refractivity contribution < 1.29 is 22.7 Å². The van der Waals surface area contributed by atoms with Crippen molar-refractivity contribution in [1.29, 1.82) is 0 Å². The Balaban J connectivity index is 1.79. The van der Waals surface area contributed by atoms with E-state index < -0.39 is 34.1 Å². The number of rotatable bonds is 12. The van der Waals surface area contributed by atoms with Gasteiger partial charge in [0.05, 0.1) is 17.7 Å². The first-order chi connectivity index (χ1) is 21.4. The SMILES string of the molecule is COc1ccc(S(=O)(=O)N(CC(=O)N(Cc2ccc(Br)cc2)[C@@H](Cc2ccccc2)C(=O)NC(C)(C)C)c2ccccc2)cc1. The number of amides is 2. The van der Waals surface area contributed by atoms with E-state index >= 15 is 0 Å². The van der Waals surface area contributed by atoms with Gasteiger partial charge < -0.3 is 15.0 Å². The number of ether oxygens (including phenoxy) is 1. The summed E-state index contributed by atoms with van der Waals surface area (Å²) in [4.78, 5) is 29.9. The van der Waals surface area contributed by atoms with Gasteiger partial charge >= 0.3 is 0 Å². The van der Waals surface area contributed by atoms with Crippen LogP contribution in [0.25, 0.3) is 0 Å². The fraction of sp³-hybridized carbons (Fsp3) is 0.257. The minimum Gasteiger partial charge on any atom is -0.497 e. The van der Waals surface area contributed by atoms with Crippen molar-refractivity contribution in [3.8, 4) is 5.75 Å². The highest BCUT2D eigenvalue weighted by Gasteiger charge is 2.35. The lowest BCUT2D eigenvalue weighted by molar-refractivity contribution is -0.140. The summed E-state index contributed by atoms with van der Waals surface area (Å²) >= 11 is 3.46. The fourth-order valence-corrected chi connectivity index (χ4v) is 6.47. The molecular weight excluding hydrogens is 654 g/mol. The number of methoxy groups -OCH3 is 1. The van der Waals surface area contributed by atoms with Crippen molar-refractivity contribution in [3.05, 3.63) is 125 Å². The van der Waals surface area contributed by atoms with E-state index in [2.05, 4.69) is 21.2 Å². The Hall–Kier alpha value is -4.15. The molecule has 0 saturated heterocycles. The van der Waals surface area contributed by atoms with E-state index in [0.717, 1.165) is 19.9 Å². The molecule has 1 atom stereocenters. The van der Waals surface area contributed by atoms with Gasteiger partial charge in [0.2, 0.25) is 11.8 Å². The van der Waals surface area contributed by atoms with Crippen LogP contribution in [0.4, 0.5) is 5.69 Å². The average Bonchev–Trinajstić information content (AvgIpc) is 3.02. The van der Waals surface area contributed by atoms with Gasteiger partial charge in [0.15, 0.2) is 0 Å². The molecule has 1 N–H and O–H groups in total. The predicted molar refractivity (Wildman–Crippen MR) is 180 cm³/mol. The lowest BCUT2D eigenvalue weighted by atomic mass is 10.0. The molecule has 0 aromatic heterocycles. The number of anilines is 1. The Bertz CT molecular complexity index is 1680. The van der Waals surface area contributed by atoms with Crippen LogP contribution in [0.3, 0.4) is 0 Å². The first-order valence-corrected chi connectivity index (χ1v) is 16.7. The van der Waals surface area contributed by atoms with Gasteiger partial charge in [0, 0.05) is 23.0 Å². The molecule has 2 amide bonds. The monoisotopic (exact) mass is 691 g/mol. The van der Waals surface area contributed by atoms with Gasteiger partial charge in [0.25, 0.3) is 10.0 Å². The molecule has 0 radical (unpaired) electrons. The zero-order valence-electron chi connectivity index (χ0n) is 25.8. The summed E-state index contributed by atoms with van der Waals surface area (Å²) in [6.07, 6.45) is 0.238. The highest BCUT2D eigenvalue weighted by Crippen LogP contribution is 2.26. The van der Waals surface area contributed by atoms with Crippen LogP contribution in [-0.2, 0) is 32.6 Å². The van der Waals surface area contributed by atoms with Crippen molar-refractivity contribution in [2.75, 3.05) is 18.0 Å². The number of carbonyl (C=O) groups is 2. The summed E-state index contributed by atoms with van der Waals surface area (Å²) in [5.74, 6) is -0.351. The zero-order chi connectivity index (χ0) is 32.6. The Kier molecular flexibility index (Phi) is 11.1. The second kappa shape index (κ2) is 14.8. The van der Waals surface area contributed by atoms with Crippen LogP contribution < -0.4 is 14.4 Å². The Morgan fingerprint density at radius 1 is 0.822 bits per heavy atom. The van der Waals surface area contributed by atoms with Gasteiger partial charge in [-0.25, -0.2) is 8.42 Å². The molecule has 0 unspecified atom stereocenters. The lowest BCUT2D eigenvalue weighted by Crippen LogP contribution is -2.56. The fourth-order valence-electron chi connectivity index (χ4n) is 4.79. The number of sulfonamides is 1. The molecular formula is C35H38BrN3O5S. The number of hydrogen-bond acceptors (Lipinski definition) is 5. The van der Waals surface area contributed by atoms with Gasteiger partial charge in [-0.2, -0.15) is 0 Å². The van der Waals surface area contributed by atoms with E-state index in [1.54, 1.807) is 42.5 Å². The summed E-state index contributed by atoms with van der Waals surface area (Å²) in [5.41, 5.74) is 1.42. The molecule has 236 valence electrons. The van der Waals surface area contributed by atoms with E-state index in [1.807, 2.05) is 75.4 Å². The first-order valence-electron chi connectivity index (χ1n) is 14.5. The van der Waals surface area contributed by atoms with Crippen LogP contribution in [0, 0.1) is 0 Å². The number of hydrogen-bond donors (Lipinski definition) is 1. The van der Waals surface area contributed by atoms with Gasteiger partial charge in [-0.1, -0.05) is 76.6 Å². The van der Waals surface area contributed by atoms with Crippen molar-refractivity contribution in [2.45, 2.75) is 50.2 Å². The number of benzene rings is 4. The summed E-state index contributed by atoms with van der Waals surface area (Å²) in [5, 5.41) is 3.04.